The van der Waals surface area contributed by atoms with E-state index in [9.17, 15) is 15.0 Å². The SMILES string of the molecule is CC(C)(C)C1SCC(=O)N1CCc1ccc(O)c(O)c1. The van der Waals surface area contributed by atoms with Gasteiger partial charge in [-0.3, -0.25) is 4.79 Å². The van der Waals surface area contributed by atoms with Crippen LogP contribution in [0.15, 0.2) is 18.2 Å². The molecule has 110 valence electrons. The van der Waals surface area contributed by atoms with Crippen molar-refractivity contribution in [3.63, 3.8) is 0 Å². The highest BCUT2D eigenvalue weighted by Crippen LogP contribution is 2.38. The first-order valence-electron chi connectivity index (χ1n) is 6.71. The Hall–Kier alpha value is -1.36. The Kier molecular flexibility index (Phi) is 4.18. The molecule has 0 saturated carbocycles. The van der Waals surface area contributed by atoms with Crippen LogP contribution in [-0.4, -0.2) is 38.7 Å². The van der Waals surface area contributed by atoms with Gasteiger partial charge >= 0.3 is 0 Å². The highest BCUT2D eigenvalue weighted by molar-refractivity contribution is 8.01. The molecule has 0 radical (unpaired) electrons. The molecule has 1 fully saturated rings. The smallest absolute Gasteiger partial charge is 0.233 e. The molecule has 5 heteroatoms. The second kappa shape index (κ2) is 5.56. The van der Waals surface area contributed by atoms with Crippen LogP contribution in [0.5, 0.6) is 11.5 Å². The average Bonchev–Trinajstić information content (AvgIpc) is 2.72. The van der Waals surface area contributed by atoms with Gasteiger partial charge in [0.15, 0.2) is 11.5 Å². The topological polar surface area (TPSA) is 60.8 Å². The molecule has 1 aliphatic heterocycles. The maximum atomic E-state index is 12.0. The highest BCUT2D eigenvalue weighted by Gasteiger charge is 2.38. The zero-order valence-corrected chi connectivity index (χ0v) is 12.9. The molecular weight excluding hydrogens is 274 g/mol. The number of phenolic OH excluding ortho intramolecular Hbond substituents is 2. The van der Waals surface area contributed by atoms with E-state index in [1.807, 2.05) is 4.90 Å². The van der Waals surface area contributed by atoms with E-state index >= 15 is 0 Å². The minimum Gasteiger partial charge on any atom is -0.504 e. The Labute approximate surface area is 123 Å². The molecular formula is C15H21NO3S. The summed E-state index contributed by atoms with van der Waals surface area (Å²) in [5.41, 5.74) is 0.964. The van der Waals surface area contributed by atoms with Crippen LogP contribution in [0.1, 0.15) is 26.3 Å². The number of benzene rings is 1. The summed E-state index contributed by atoms with van der Waals surface area (Å²) in [5, 5.41) is 19.0. The first kappa shape index (κ1) is 15.0. The first-order valence-corrected chi connectivity index (χ1v) is 7.76. The van der Waals surface area contributed by atoms with Crippen molar-refractivity contribution in [3.05, 3.63) is 23.8 Å². The summed E-state index contributed by atoms with van der Waals surface area (Å²) >= 11 is 1.69. The van der Waals surface area contributed by atoms with E-state index in [1.165, 1.54) is 6.07 Å². The van der Waals surface area contributed by atoms with Crippen LogP contribution in [0.2, 0.25) is 0 Å². The lowest BCUT2D eigenvalue weighted by Gasteiger charge is -2.34. The highest BCUT2D eigenvalue weighted by atomic mass is 32.2. The lowest BCUT2D eigenvalue weighted by Crippen LogP contribution is -2.41. The van der Waals surface area contributed by atoms with Crippen LogP contribution in [0.25, 0.3) is 0 Å². The van der Waals surface area contributed by atoms with Crippen molar-refractivity contribution in [1.82, 2.24) is 4.90 Å². The van der Waals surface area contributed by atoms with Gasteiger partial charge in [0.25, 0.3) is 0 Å². The summed E-state index contributed by atoms with van der Waals surface area (Å²) in [6.45, 7) is 7.06. The molecule has 1 aliphatic rings. The number of carbonyl (C=O) groups is 1. The number of hydrogen-bond donors (Lipinski definition) is 2. The van der Waals surface area contributed by atoms with Crippen molar-refractivity contribution in [2.45, 2.75) is 32.6 Å². The number of rotatable bonds is 3. The van der Waals surface area contributed by atoms with Gasteiger partial charge < -0.3 is 15.1 Å². The predicted octanol–water partition coefficient (Wildman–Crippen LogP) is 2.59. The maximum Gasteiger partial charge on any atom is 0.233 e. The summed E-state index contributed by atoms with van der Waals surface area (Å²) in [4.78, 5) is 13.9. The van der Waals surface area contributed by atoms with E-state index < -0.39 is 0 Å². The van der Waals surface area contributed by atoms with E-state index in [1.54, 1.807) is 23.9 Å². The summed E-state index contributed by atoms with van der Waals surface area (Å²) in [5.74, 6) is 0.493. The summed E-state index contributed by atoms with van der Waals surface area (Å²) in [6, 6.07) is 4.80. The van der Waals surface area contributed by atoms with Gasteiger partial charge in [-0.25, -0.2) is 0 Å². The molecule has 2 N–H and O–H groups in total. The number of amides is 1. The van der Waals surface area contributed by atoms with Gasteiger partial charge in [0.2, 0.25) is 5.91 Å². The van der Waals surface area contributed by atoms with Gasteiger partial charge in [-0.05, 0) is 29.5 Å². The third-order valence-electron chi connectivity index (χ3n) is 3.39. The van der Waals surface area contributed by atoms with Crippen molar-refractivity contribution in [2.24, 2.45) is 5.41 Å². The maximum absolute atomic E-state index is 12.0. The first-order chi connectivity index (χ1) is 9.29. The Morgan fingerprint density at radius 1 is 1.30 bits per heavy atom. The van der Waals surface area contributed by atoms with Gasteiger partial charge in [-0.2, -0.15) is 0 Å². The van der Waals surface area contributed by atoms with Gasteiger partial charge in [-0.1, -0.05) is 26.8 Å². The van der Waals surface area contributed by atoms with E-state index in [4.69, 9.17) is 0 Å². The Morgan fingerprint density at radius 2 is 2.00 bits per heavy atom. The zero-order chi connectivity index (χ0) is 14.9. The number of carbonyl (C=O) groups excluding carboxylic acids is 1. The van der Waals surface area contributed by atoms with Crippen molar-refractivity contribution >= 4 is 17.7 Å². The monoisotopic (exact) mass is 295 g/mol. The quantitative estimate of drug-likeness (QED) is 0.842. The molecule has 1 atom stereocenters. The molecule has 20 heavy (non-hydrogen) atoms. The van der Waals surface area contributed by atoms with Crippen molar-refractivity contribution in [2.75, 3.05) is 12.3 Å². The fourth-order valence-corrected chi connectivity index (χ4v) is 3.76. The zero-order valence-electron chi connectivity index (χ0n) is 12.1. The van der Waals surface area contributed by atoms with Crippen molar-refractivity contribution in [1.29, 1.82) is 0 Å². The number of phenols is 2. The summed E-state index contributed by atoms with van der Waals surface area (Å²) < 4.78 is 0. The van der Waals surface area contributed by atoms with Crippen molar-refractivity contribution in [3.8, 4) is 11.5 Å². The molecule has 0 bridgehead atoms. The molecule has 0 aromatic heterocycles. The summed E-state index contributed by atoms with van der Waals surface area (Å²) in [6.07, 6.45) is 0.673. The van der Waals surface area contributed by atoms with E-state index in [0.717, 1.165) is 5.56 Å². The van der Waals surface area contributed by atoms with E-state index in [0.29, 0.717) is 18.7 Å². The van der Waals surface area contributed by atoms with Crippen LogP contribution in [-0.2, 0) is 11.2 Å². The normalized spacial score (nSPS) is 19.6. The summed E-state index contributed by atoms with van der Waals surface area (Å²) in [7, 11) is 0. The Morgan fingerprint density at radius 3 is 2.60 bits per heavy atom. The third-order valence-corrected chi connectivity index (χ3v) is 5.08. The predicted molar refractivity (Wildman–Crippen MR) is 80.9 cm³/mol. The molecule has 1 saturated heterocycles. The minimum absolute atomic E-state index is 0.0495. The Bertz CT molecular complexity index is 510. The van der Waals surface area contributed by atoms with E-state index in [2.05, 4.69) is 20.8 Å². The van der Waals surface area contributed by atoms with Gasteiger partial charge in [0, 0.05) is 6.54 Å². The minimum atomic E-state index is -0.117. The van der Waals surface area contributed by atoms with Gasteiger partial charge in [0.05, 0.1) is 11.1 Å². The fraction of sp³-hybridized carbons (Fsp3) is 0.533. The molecule has 1 amide bonds. The molecule has 1 unspecified atom stereocenters. The van der Waals surface area contributed by atoms with Crippen LogP contribution in [0, 0.1) is 5.41 Å². The lowest BCUT2D eigenvalue weighted by atomic mass is 9.95. The second-order valence-electron chi connectivity index (χ2n) is 6.19. The van der Waals surface area contributed by atoms with Gasteiger partial charge in [0.1, 0.15) is 0 Å². The van der Waals surface area contributed by atoms with Crippen LogP contribution in [0.4, 0.5) is 0 Å². The standard InChI is InChI=1S/C15H21NO3S/c1-15(2,3)14-16(13(19)9-20-14)7-6-10-4-5-11(17)12(18)8-10/h4-5,8,14,17-18H,6-7,9H2,1-3H3. The number of thioether (sulfide) groups is 1. The van der Waals surface area contributed by atoms with Crippen LogP contribution >= 0.6 is 11.8 Å². The van der Waals surface area contributed by atoms with E-state index in [-0.39, 0.29) is 28.2 Å². The van der Waals surface area contributed by atoms with Crippen LogP contribution < -0.4 is 0 Å². The second-order valence-corrected chi connectivity index (χ2v) is 7.26. The molecule has 0 aliphatic carbocycles. The molecule has 1 aromatic carbocycles. The fourth-order valence-electron chi connectivity index (χ4n) is 2.39. The molecule has 1 heterocycles. The molecule has 1 aromatic rings. The van der Waals surface area contributed by atoms with Crippen molar-refractivity contribution < 1.29 is 15.0 Å². The Balaban J connectivity index is 2.05. The number of nitrogens with zero attached hydrogens (tertiary/aromatic N) is 1. The third kappa shape index (κ3) is 3.20. The largest absolute Gasteiger partial charge is 0.504 e. The number of aromatic hydroxyl groups is 2. The number of hydrogen-bond acceptors (Lipinski definition) is 4. The lowest BCUT2D eigenvalue weighted by molar-refractivity contribution is -0.129. The molecule has 2 rings (SSSR count). The molecule has 0 spiro atoms. The van der Waals surface area contributed by atoms with Crippen LogP contribution in [0.3, 0.4) is 0 Å². The average molecular weight is 295 g/mol. The molecule has 4 nitrogen and oxygen atoms in total. The van der Waals surface area contributed by atoms with Gasteiger partial charge in [-0.15, -0.1) is 11.8 Å².